The normalized spacial score (nSPS) is 22.4. The Morgan fingerprint density at radius 2 is 2.18 bits per heavy atom. The number of nitrogens with one attached hydrogen (secondary N) is 2. The maximum absolute atomic E-state index is 13.1. The van der Waals surface area contributed by atoms with Crippen LogP contribution in [0, 0.1) is 5.92 Å². The van der Waals surface area contributed by atoms with Crippen molar-refractivity contribution in [2.45, 2.75) is 70.4 Å². The van der Waals surface area contributed by atoms with E-state index in [1.165, 1.54) is 34.9 Å². The van der Waals surface area contributed by atoms with Gasteiger partial charge in [-0.1, -0.05) is 25.5 Å². The van der Waals surface area contributed by atoms with Gasteiger partial charge in [0.2, 0.25) is 5.91 Å². The zero-order valence-corrected chi connectivity index (χ0v) is 20.0. The van der Waals surface area contributed by atoms with Crippen molar-refractivity contribution in [1.82, 2.24) is 24.8 Å². The van der Waals surface area contributed by atoms with Gasteiger partial charge >= 0.3 is 0 Å². The fourth-order valence-corrected chi connectivity index (χ4v) is 6.03. The van der Waals surface area contributed by atoms with E-state index in [1.807, 2.05) is 6.20 Å². The lowest BCUT2D eigenvalue weighted by molar-refractivity contribution is -0.127. The number of imidazole rings is 1. The van der Waals surface area contributed by atoms with Crippen LogP contribution in [0.25, 0.3) is 10.9 Å². The van der Waals surface area contributed by atoms with E-state index < -0.39 is 0 Å². The SMILES string of the molecule is CCCCn1cc2c3c(cccc31)C1C[C@@H](C(=O)NCCCCc3ncc[nH]3)CN(C)[C@@H]1C2. The number of rotatable bonds is 9. The molecule has 3 heterocycles. The summed E-state index contributed by atoms with van der Waals surface area (Å²) in [5, 5.41) is 4.68. The number of aromatic nitrogens is 3. The van der Waals surface area contributed by atoms with Crippen LogP contribution >= 0.6 is 0 Å². The van der Waals surface area contributed by atoms with Crippen molar-refractivity contribution in [3.05, 3.63) is 53.7 Å². The third-order valence-corrected chi connectivity index (χ3v) is 7.74. The smallest absolute Gasteiger partial charge is 0.224 e. The summed E-state index contributed by atoms with van der Waals surface area (Å²) in [4.78, 5) is 22.9. The second-order valence-corrected chi connectivity index (χ2v) is 9.98. The van der Waals surface area contributed by atoms with Crippen molar-refractivity contribution in [2.75, 3.05) is 20.1 Å². The molecule has 1 saturated heterocycles. The Labute approximate surface area is 196 Å². The Bertz CT molecular complexity index is 1090. The Morgan fingerprint density at radius 3 is 3.00 bits per heavy atom. The van der Waals surface area contributed by atoms with Crippen LogP contribution in [0.5, 0.6) is 0 Å². The van der Waals surface area contributed by atoms with Gasteiger partial charge in [-0.3, -0.25) is 4.79 Å². The molecule has 1 aliphatic carbocycles. The lowest BCUT2D eigenvalue weighted by Crippen LogP contribution is -2.51. The number of piperidine rings is 1. The number of unbranched alkanes of at least 4 members (excludes halogenated alkanes) is 2. The maximum Gasteiger partial charge on any atom is 0.224 e. The van der Waals surface area contributed by atoms with Crippen LogP contribution in [0.3, 0.4) is 0 Å². The van der Waals surface area contributed by atoms with Crippen LogP contribution in [-0.4, -0.2) is 51.5 Å². The molecule has 0 radical (unpaired) electrons. The number of carbonyl (C=O) groups excluding carboxylic acids is 1. The van der Waals surface area contributed by atoms with E-state index in [9.17, 15) is 4.79 Å². The van der Waals surface area contributed by atoms with E-state index in [4.69, 9.17) is 0 Å². The second-order valence-electron chi connectivity index (χ2n) is 9.98. The molecule has 3 aromatic rings. The van der Waals surface area contributed by atoms with Gasteiger partial charge in [0.25, 0.3) is 0 Å². The number of hydrogen-bond acceptors (Lipinski definition) is 3. The molecule has 3 atom stereocenters. The van der Waals surface area contributed by atoms with Crippen molar-refractivity contribution in [3.63, 3.8) is 0 Å². The van der Waals surface area contributed by atoms with E-state index in [0.717, 1.165) is 57.6 Å². The minimum absolute atomic E-state index is 0.0558. The quantitative estimate of drug-likeness (QED) is 0.482. The maximum atomic E-state index is 13.1. The lowest BCUT2D eigenvalue weighted by Gasteiger charge is -2.45. The highest BCUT2D eigenvalue weighted by Gasteiger charge is 2.41. The van der Waals surface area contributed by atoms with Crippen LogP contribution in [0.2, 0.25) is 0 Å². The van der Waals surface area contributed by atoms with Crippen LogP contribution in [-0.2, 0) is 24.2 Å². The number of likely N-dealkylation sites (N-methyl/N-ethyl adjacent to an activating group) is 1. The number of benzene rings is 1. The number of hydrogen-bond donors (Lipinski definition) is 2. The van der Waals surface area contributed by atoms with Crippen molar-refractivity contribution in [3.8, 4) is 0 Å². The van der Waals surface area contributed by atoms with Gasteiger partial charge in [0.15, 0.2) is 0 Å². The summed E-state index contributed by atoms with van der Waals surface area (Å²) in [6.45, 7) is 4.94. The molecular formula is C27H37N5O. The number of amides is 1. The molecule has 2 aromatic heterocycles. The Kier molecular flexibility index (Phi) is 6.54. The van der Waals surface area contributed by atoms with Crippen molar-refractivity contribution in [2.24, 2.45) is 5.92 Å². The standard InChI is InChI=1S/C27H37N5O/c1-3-4-14-32-18-19-16-24-22(21-8-7-9-23(32)26(19)21)15-20(17-31(24)2)27(33)30-11-6-5-10-25-28-12-13-29-25/h7-9,12-13,18,20,22,24H,3-6,10-11,14-17H2,1-2H3,(H,28,29)(H,30,33)/t20-,22?,24-/m1/s1. The molecule has 1 aromatic carbocycles. The largest absolute Gasteiger partial charge is 0.356 e. The van der Waals surface area contributed by atoms with Gasteiger partial charge in [-0.05, 0) is 56.3 Å². The number of nitrogens with zero attached hydrogens (tertiary/aromatic N) is 3. The van der Waals surface area contributed by atoms with Gasteiger partial charge in [-0.15, -0.1) is 0 Å². The molecule has 1 fully saturated rings. The summed E-state index contributed by atoms with van der Waals surface area (Å²) >= 11 is 0. The summed E-state index contributed by atoms with van der Waals surface area (Å²) in [5.41, 5.74) is 4.32. The van der Waals surface area contributed by atoms with Gasteiger partial charge in [0, 0.05) is 67.5 Å². The van der Waals surface area contributed by atoms with Crippen LogP contribution in [0.4, 0.5) is 0 Å². The number of aromatic amines is 1. The van der Waals surface area contributed by atoms with Gasteiger partial charge in [-0.2, -0.15) is 0 Å². The van der Waals surface area contributed by atoms with Crippen LogP contribution in [0.15, 0.2) is 36.8 Å². The van der Waals surface area contributed by atoms with E-state index in [-0.39, 0.29) is 11.8 Å². The average Bonchev–Trinajstić information content (AvgIpc) is 3.47. The minimum Gasteiger partial charge on any atom is -0.356 e. The van der Waals surface area contributed by atoms with Crippen LogP contribution < -0.4 is 5.32 Å². The lowest BCUT2D eigenvalue weighted by atomic mass is 9.72. The summed E-state index contributed by atoms with van der Waals surface area (Å²) in [6.07, 6.45) is 13.5. The topological polar surface area (TPSA) is 66.0 Å². The first-order valence-corrected chi connectivity index (χ1v) is 12.7. The monoisotopic (exact) mass is 447 g/mol. The average molecular weight is 448 g/mol. The highest BCUT2D eigenvalue weighted by molar-refractivity contribution is 5.89. The van der Waals surface area contributed by atoms with Crippen molar-refractivity contribution < 1.29 is 4.79 Å². The third-order valence-electron chi connectivity index (χ3n) is 7.74. The Morgan fingerprint density at radius 1 is 1.27 bits per heavy atom. The van der Waals surface area contributed by atoms with Gasteiger partial charge in [0.1, 0.15) is 5.82 Å². The first-order chi connectivity index (χ1) is 16.2. The summed E-state index contributed by atoms with van der Waals surface area (Å²) in [5.74, 6) is 1.73. The molecule has 0 saturated carbocycles. The van der Waals surface area contributed by atoms with E-state index >= 15 is 0 Å². The highest BCUT2D eigenvalue weighted by atomic mass is 16.1. The molecular weight excluding hydrogens is 410 g/mol. The molecule has 0 spiro atoms. The molecule has 1 amide bonds. The molecule has 6 heteroatoms. The first-order valence-electron chi connectivity index (χ1n) is 12.7. The number of likely N-dealkylation sites (tertiary alicyclic amines) is 1. The molecule has 0 bridgehead atoms. The fraction of sp³-hybridized carbons (Fsp3) is 0.556. The fourth-order valence-electron chi connectivity index (χ4n) is 6.03. The molecule has 33 heavy (non-hydrogen) atoms. The van der Waals surface area contributed by atoms with Crippen molar-refractivity contribution in [1.29, 1.82) is 0 Å². The number of H-pyrrole nitrogens is 1. The molecule has 1 unspecified atom stereocenters. The van der Waals surface area contributed by atoms with Crippen molar-refractivity contribution >= 4 is 16.8 Å². The Hall–Kier alpha value is -2.60. The van der Waals surface area contributed by atoms with Gasteiger partial charge in [0.05, 0.1) is 5.92 Å². The summed E-state index contributed by atoms with van der Waals surface area (Å²) in [7, 11) is 2.21. The number of aryl methyl sites for hydroxylation is 2. The second kappa shape index (κ2) is 9.72. The molecule has 5 rings (SSSR count). The summed E-state index contributed by atoms with van der Waals surface area (Å²) < 4.78 is 2.46. The van der Waals surface area contributed by atoms with E-state index in [2.05, 4.69) is 63.1 Å². The predicted octanol–water partition coefficient (Wildman–Crippen LogP) is 4.26. The number of fused-ring (bicyclic) bond motifs is 2. The third kappa shape index (κ3) is 4.45. The zero-order chi connectivity index (χ0) is 22.8. The molecule has 2 aliphatic rings. The molecule has 176 valence electrons. The van der Waals surface area contributed by atoms with Gasteiger partial charge in [-0.25, -0.2) is 4.98 Å². The van der Waals surface area contributed by atoms with E-state index in [1.54, 1.807) is 6.20 Å². The zero-order valence-electron chi connectivity index (χ0n) is 20.0. The summed E-state index contributed by atoms with van der Waals surface area (Å²) in [6, 6.07) is 7.30. The number of carbonyl (C=O) groups is 1. The van der Waals surface area contributed by atoms with Gasteiger partial charge < -0.3 is 19.8 Å². The van der Waals surface area contributed by atoms with E-state index in [0.29, 0.717) is 12.0 Å². The molecule has 6 nitrogen and oxygen atoms in total. The minimum atomic E-state index is 0.0558. The Balaban J connectivity index is 1.25. The first kappa shape index (κ1) is 22.2. The highest BCUT2D eigenvalue weighted by Crippen LogP contribution is 2.45. The molecule has 2 N–H and O–H groups in total. The predicted molar refractivity (Wildman–Crippen MR) is 132 cm³/mol. The van der Waals surface area contributed by atoms with Crippen LogP contribution in [0.1, 0.15) is 61.9 Å². The molecule has 1 aliphatic heterocycles.